The molecule has 0 aliphatic rings. The van der Waals surface area contributed by atoms with Gasteiger partial charge in [-0.05, 0) is 17.9 Å². The molecule has 1 nitrogen and oxygen atoms in total. The lowest BCUT2D eigenvalue weighted by Crippen LogP contribution is -2.17. The molecule has 0 heterocycles. The minimum absolute atomic E-state index is 0.191. The Hall–Kier alpha value is -0.0231. The molecule has 0 atom stereocenters. The Kier molecular flexibility index (Phi) is 5.58. The maximum Gasteiger partial charge on any atom is 0.211 e. The van der Waals surface area contributed by atoms with Gasteiger partial charge in [0, 0.05) is 8.07 Å². The topological polar surface area (TPSA) is 17.1 Å². The van der Waals surface area contributed by atoms with Crippen LogP contribution in [0.4, 0.5) is 0 Å². The predicted octanol–water partition coefficient (Wildman–Crippen LogP) is 3.16. The molecular formula is C9H18OSSi. The Morgan fingerprint density at radius 3 is 2.42 bits per heavy atom. The summed E-state index contributed by atoms with van der Waals surface area (Å²) >= 11 is 1.37. The van der Waals surface area contributed by atoms with Crippen molar-refractivity contribution in [3.05, 3.63) is 12.2 Å². The molecule has 0 aliphatic carbocycles. The van der Waals surface area contributed by atoms with Crippen LogP contribution >= 0.6 is 11.8 Å². The average molecular weight is 202 g/mol. The second-order valence-corrected chi connectivity index (χ2v) is 10.7. The van der Waals surface area contributed by atoms with Crippen LogP contribution in [0.5, 0.6) is 0 Å². The molecule has 0 radical (unpaired) electrons. The number of thioether (sulfide) groups is 1. The van der Waals surface area contributed by atoms with Crippen LogP contribution in [0.3, 0.4) is 0 Å². The zero-order chi connectivity index (χ0) is 9.61. The number of hydrogen-bond donors (Lipinski definition) is 0. The molecule has 0 aromatic heterocycles. The summed E-state index contributed by atoms with van der Waals surface area (Å²) in [6, 6.07) is 1.10. The first-order valence-corrected chi connectivity index (χ1v) is 8.98. The SMILES string of the molecule is CCSC(=O)/C=C/C[Si](C)(C)C. The van der Waals surface area contributed by atoms with Gasteiger partial charge in [0.05, 0.1) is 0 Å². The number of hydrogen-bond acceptors (Lipinski definition) is 2. The van der Waals surface area contributed by atoms with Crippen LogP contribution in [0.2, 0.25) is 25.7 Å². The first kappa shape index (κ1) is 12.0. The summed E-state index contributed by atoms with van der Waals surface area (Å²) in [6.07, 6.45) is 3.74. The predicted molar refractivity (Wildman–Crippen MR) is 60.4 cm³/mol. The number of carbonyl (C=O) groups is 1. The van der Waals surface area contributed by atoms with E-state index < -0.39 is 8.07 Å². The highest BCUT2D eigenvalue weighted by molar-refractivity contribution is 8.14. The van der Waals surface area contributed by atoms with E-state index in [0.717, 1.165) is 11.8 Å². The van der Waals surface area contributed by atoms with Crippen LogP contribution in [-0.4, -0.2) is 18.9 Å². The van der Waals surface area contributed by atoms with E-state index in [2.05, 4.69) is 19.6 Å². The molecule has 70 valence electrons. The van der Waals surface area contributed by atoms with Crippen LogP contribution in [0.25, 0.3) is 0 Å². The zero-order valence-corrected chi connectivity index (χ0v) is 10.2. The van der Waals surface area contributed by atoms with Gasteiger partial charge >= 0.3 is 0 Å². The van der Waals surface area contributed by atoms with Crippen LogP contribution in [0.1, 0.15) is 6.92 Å². The van der Waals surface area contributed by atoms with Gasteiger partial charge in [0.15, 0.2) is 0 Å². The van der Waals surface area contributed by atoms with Crippen molar-refractivity contribution in [1.82, 2.24) is 0 Å². The van der Waals surface area contributed by atoms with Crippen LogP contribution in [0.15, 0.2) is 12.2 Å². The van der Waals surface area contributed by atoms with Crippen molar-refractivity contribution in [3.8, 4) is 0 Å². The molecule has 0 saturated carbocycles. The molecule has 0 fully saturated rings. The number of rotatable bonds is 4. The summed E-state index contributed by atoms with van der Waals surface area (Å²) in [7, 11) is -0.995. The lowest BCUT2D eigenvalue weighted by atomic mass is 10.6. The molecule has 3 heteroatoms. The third kappa shape index (κ3) is 8.08. The Bertz CT molecular complexity index is 170. The normalized spacial score (nSPS) is 12.3. The summed E-state index contributed by atoms with van der Waals surface area (Å²) in [5, 5.41) is 0.191. The quantitative estimate of drug-likeness (QED) is 0.514. The Morgan fingerprint density at radius 2 is 2.00 bits per heavy atom. The lowest BCUT2D eigenvalue weighted by molar-refractivity contribution is -0.107. The molecule has 0 unspecified atom stereocenters. The Labute approximate surface area is 80.6 Å². The van der Waals surface area contributed by atoms with Gasteiger partial charge in [-0.25, -0.2) is 0 Å². The van der Waals surface area contributed by atoms with E-state index in [1.54, 1.807) is 6.08 Å². The Morgan fingerprint density at radius 1 is 1.42 bits per heavy atom. The van der Waals surface area contributed by atoms with Gasteiger partial charge in [-0.1, -0.05) is 44.4 Å². The summed E-state index contributed by atoms with van der Waals surface area (Å²) in [5.74, 6) is 0.871. The summed E-state index contributed by atoms with van der Waals surface area (Å²) in [6.45, 7) is 8.90. The second kappa shape index (κ2) is 5.59. The van der Waals surface area contributed by atoms with Crippen molar-refractivity contribution >= 4 is 25.0 Å². The van der Waals surface area contributed by atoms with Gasteiger partial charge in [-0.15, -0.1) is 0 Å². The fraction of sp³-hybridized carbons (Fsp3) is 0.667. The number of carbonyl (C=O) groups excluding carboxylic acids is 1. The van der Waals surface area contributed by atoms with Crippen LogP contribution in [0, 0.1) is 0 Å². The fourth-order valence-corrected chi connectivity index (χ4v) is 2.00. The highest BCUT2D eigenvalue weighted by atomic mass is 32.2. The maximum absolute atomic E-state index is 11.0. The van der Waals surface area contributed by atoms with E-state index in [0.29, 0.717) is 0 Å². The molecule has 0 spiro atoms. The van der Waals surface area contributed by atoms with Gasteiger partial charge in [0.25, 0.3) is 0 Å². The van der Waals surface area contributed by atoms with Crippen molar-refractivity contribution in [1.29, 1.82) is 0 Å². The monoisotopic (exact) mass is 202 g/mol. The Balaban J connectivity index is 3.69. The molecular weight excluding hydrogens is 184 g/mol. The van der Waals surface area contributed by atoms with Crippen molar-refractivity contribution < 1.29 is 4.79 Å². The van der Waals surface area contributed by atoms with Gasteiger partial charge in [-0.2, -0.15) is 0 Å². The van der Waals surface area contributed by atoms with E-state index in [9.17, 15) is 4.79 Å². The summed E-state index contributed by atoms with van der Waals surface area (Å²) < 4.78 is 0. The van der Waals surface area contributed by atoms with E-state index >= 15 is 0 Å². The summed E-state index contributed by atoms with van der Waals surface area (Å²) in [4.78, 5) is 11.0. The molecule has 12 heavy (non-hydrogen) atoms. The summed E-state index contributed by atoms with van der Waals surface area (Å²) in [5.41, 5.74) is 0. The highest BCUT2D eigenvalue weighted by Crippen LogP contribution is 2.09. The third-order valence-electron chi connectivity index (χ3n) is 1.27. The molecule has 0 aliphatic heterocycles. The molecule has 0 amide bonds. The average Bonchev–Trinajstić information content (AvgIpc) is 1.84. The van der Waals surface area contributed by atoms with Gasteiger partial charge in [0.1, 0.15) is 0 Å². The molecule has 0 N–H and O–H groups in total. The van der Waals surface area contributed by atoms with Crippen molar-refractivity contribution in [3.63, 3.8) is 0 Å². The molecule has 0 bridgehead atoms. The van der Waals surface area contributed by atoms with Crippen LogP contribution in [-0.2, 0) is 4.79 Å². The van der Waals surface area contributed by atoms with E-state index in [4.69, 9.17) is 0 Å². The van der Waals surface area contributed by atoms with E-state index in [-0.39, 0.29) is 5.12 Å². The molecule has 0 aromatic rings. The zero-order valence-electron chi connectivity index (χ0n) is 8.39. The van der Waals surface area contributed by atoms with E-state index in [1.807, 2.05) is 13.0 Å². The third-order valence-corrected chi connectivity index (χ3v) is 3.44. The van der Waals surface area contributed by atoms with Crippen molar-refractivity contribution in [2.45, 2.75) is 32.6 Å². The van der Waals surface area contributed by atoms with E-state index in [1.165, 1.54) is 11.8 Å². The first-order chi connectivity index (χ1) is 5.45. The fourth-order valence-electron chi connectivity index (χ4n) is 0.699. The lowest BCUT2D eigenvalue weighted by Gasteiger charge is -2.11. The molecule has 0 saturated heterocycles. The van der Waals surface area contributed by atoms with Gasteiger partial charge in [0.2, 0.25) is 5.12 Å². The largest absolute Gasteiger partial charge is 0.282 e. The smallest absolute Gasteiger partial charge is 0.211 e. The highest BCUT2D eigenvalue weighted by Gasteiger charge is 2.09. The second-order valence-electron chi connectivity index (χ2n) is 3.92. The van der Waals surface area contributed by atoms with Gasteiger partial charge in [-0.3, -0.25) is 4.79 Å². The number of allylic oxidation sites excluding steroid dienone is 1. The van der Waals surface area contributed by atoms with Gasteiger partial charge < -0.3 is 0 Å². The minimum Gasteiger partial charge on any atom is -0.282 e. The standard InChI is InChI=1S/C9H18OSSi/c1-5-11-9(10)7-6-8-12(2,3)4/h6-7H,5,8H2,1-4H3/b7-6+. The van der Waals surface area contributed by atoms with Crippen molar-refractivity contribution in [2.24, 2.45) is 0 Å². The minimum atomic E-state index is -0.995. The molecule has 0 rings (SSSR count). The van der Waals surface area contributed by atoms with Crippen molar-refractivity contribution in [2.75, 3.05) is 5.75 Å². The first-order valence-electron chi connectivity index (χ1n) is 4.29. The molecule has 0 aromatic carbocycles. The van der Waals surface area contributed by atoms with Crippen LogP contribution < -0.4 is 0 Å². The maximum atomic E-state index is 11.0.